The van der Waals surface area contributed by atoms with Crippen molar-refractivity contribution in [2.24, 2.45) is 0 Å². The molecule has 5 heteroatoms. The van der Waals surface area contributed by atoms with Crippen molar-refractivity contribution >= 4 is 17.7 Å². The average molecular weight is 251 g/mol. The number of carbonyl (C=O) groups is 1. The zero-order valence-electron chi connectivity index (χ0n) is 9.73. The lowest BCUT2D eigenvalue weighted by Gasteiger charge is -2.15. The lowest BCUT2D eigenvalue weighted by Crippen LogP contribution is -2.22. The predicted octanol–water partition coefficient (Wildman–Crippen LogP) is 1.91. The Balaban J connectivity index is 2.18. The Morgan fingerprint density at radius 1 is 1.35 bits per heavy atom. The van der Waals surface area contributed by atoms with Gasteiger partial charge in [-0.25, -0.2) is 0 Å². The van der Waals surface area contributed by atoms with Gasteiger partial charge >= 0.3 is 0 Å². The number of amides is 1. The highest BCUT2D eigenvalue weighted by Crippen LogP contribution is 2.50. The maximum absolute atomic E-state index is 12.2. The second-order valence-corrected chi connectivity index (χ2v) is 5.20. The van der Waals surface area contributed by atoms with Crippen molar-refractivity contribution < 1.29 is 14.3 Å². The van der Waals surface area contributed by atoms with Crippen LogP contribution in [0, 0.1) is 0 Å². The minimum absolute atomic E-state index is 0.0900. The molecule has 0 aliphatic carbocycles. The SMILES string of the molecule is COc1cc(OC)c2c(c1)C(=O)N1CCS[C@H]21. The molecule has 2 aliphatic heterocycles. The smallest absolute Gasteiger partial charge is 0.255 e. The lowest BCUT2D eigenvalue weighted by atomic mass is 10.1. The number of carbonyl (C=O) groups excluding carboxylic acids is 1. The van der Waals surface area contributed by atoms with Crippen LogP contribution in [0.3, 0.4) is 0 Å². The molecule has 1 atom stereocenters. The van der Waals surface area contributed by atoms with E-state index < -0.39 is 0 Å². The first-order valence-electron chi connectivity index (χ1n) is 5.44. The lowest BCUT2D eigenvalue weighted by molar-refractivity contribution is 0.0794. The van der Waals surface area contributed by atoms with Gasteiger partial charge in [-0.05, 0) is 6.07 Å². The molecule has 0 aromatic heterocycles. The number of hydrogen-bond donors (Lipinski definition) is 0. The fraction of sp³-hybridized carbons (Fsp3) is 0.417. The topological polar surface area (TPSA) is 38.8 Å². The van der Waals surface area contributed by atoms with E-state index in [0.717, 1.165) is 29.2 Å². The summed E-state index contributed by atoms with van der Waals surface area (Å²) < 4.78 is 10.6. The van der Waals surface area contributed by atoms with E-state index in [9.17, 15) is 4.79 Å². The Morgan fingerprint density at radius 2 is 2.18 bits per heavy atom. The molecule has 17 heavy (non-hydrogen) atoms. The Hall–Kier alpha value is -1.36. The summed E-state index contributed by atoms with van der Waals surface area (Å²) in [5.74, 6) is 2.49. The quantitative estimate of drug-likeness (QED) is 0.804. The summed E-state index contributed by atoms with van der Waals surface area (Å²) >= 11 is 1.79. The molecule has 0 N–H and O–H groups in total. The second-order valence-electron chi connectivity index (χ2n) is 4.01. The molecule has 1 aromatic rings. The predicted molar refractivity (Wildman–Crippen MR) is 65.8 cm³/mol. The van der Waals surface area contributed by atoms with Crippen LogP contribution in [0.15, 0.2) is 12.1 Å². The fourth-order valence-corrected chi connectivity index (χ4v) is 3.71. The number of fused-ring (bicyclic) bond motifs is 3. The van der Waals surface area contributed by atoms with Gasteiger partial charge in [-0.1, -0.05) is 0 Å². The molecule has 0 radical (unpaired) electrons. The van der Waals surface area contributed by atoms with Gasteiger partial charge in [-0.15, -0.1) is 11.8 Å². The minimum Gasteiger partial charge on any atom is -0.497 e. The molecule has 1 aromatic carbocycles. The van der Waals surface area contributed by atoms with E-state index in [1.54, 1.807) is 32.0 Å². The van der Waals surface area contributed by atoms with Gasteiger partial charge in [0.2, 0.25) is 0 Å². The minimum atomic E-state index is 0.0900. The van der Waals surface area contributed by atoms with Crippen molar-refractivity contribution in [1.82, 2.24) is 4.90 Å². The normalized spacial score (nSPS) is 21.4. The van der Waals surface area contributed by atoms with Crippen LogP contribution >= 0.6 is 11.8 Å². The maximum Gasteiger partial charge on any atom is 0.255 e. The second kappa shape index (κ2) is 3.84. The summed E-state index contributed by atoms with van der Waals surface area (Å²) in [5, 5.41) is 0.123. The Morgan fingerprint density at radius 3 is 2.88 bits per heavy atom. The summed E-state index contributed by atoms with van der Waals surface area (Å²) in [6, 6.07) is 3.65. The first-order valence-corrected chi connectivity index (χ1v) is 6.49. The number of methoxy groups -OCH3 is 2. The van der Waals surface area contributed by atoms with Crippen LogP contribution in [0.25, 0.3) is 0 Å². The molecule has 2 heterocycles. The van der Waals surface area contributed by atoms with Crippen molar-refractivity contribution in [3.05, 3.63) is 23.3 Å². The zero-order chi connectivity index (χ0) is 12.0. The number of benzene rings is 1. The van der Waals surface area contributed by atoms with Gasteiger partial charge in [0, 0.05) is 23.9 Å². The molecule has 90 valence electrons. The van der Waals surface area contributed by atoms with Crippen LogP contribution in [0.1, 0.15) is 21.3 Å². The highest BCUT2D eigenvalue weighted by Gasteiger charge is 2.42. The van der Waals surface area contributed by atoms with Crippen molar-refractivity contribution in [3.63, 3.8) is 0 Å². The molecule has 3 rings (SSSR count). The molecule has 4 nitrogen and oxygen atoms in total. The number of nitrogens with zero attached hydrogens (tertiary/aromatic N) is 1. The molecular formula is C12H13NO3S. The van der Waals surface area contributed by atoms with Crippen LogP contribution in [0.2, 0.25) is 0 Å². The molecule has 1 fully saturated rings. The van der Waals surface area contributed by atoms with Crippen LogP contribution < -0.4 is 9.47 Å². The van der Waals surface area contributed by atoms with Crippen LogP contribution in [-0.4, -0.2) is 37.3 Å². The highest BCUT2D eigenvalue weighted by molar-refractivity contribution is 7.99. The van der Waals surface area contributed by atoms with E-state index in [0.29, 0.717) is 5.75 Å². The number of rotatable bonds is 2. The van der Waals surface area contributed by atoms with E-state index in [1.807, 2.05) is 11.0 Å². The molecule has 0 spiro atoms. The monoisotopic (exact) mass is 251 g/mol. The van der Waals surface area contributed by atoms with Crippen LogP contribution in [0.4, 0.5) is 0 Å². The molecule has 0 bridgehead atoms. The molecule has 2 aliphatic rings. The first-order chi connectivity index (χ1) is 8.26. The van der Waals surface area contributed by atoms with Gasteiger partial charge in [-0.3, -0.25) is 4.79 Å². The summed E-state index contributed by atoms with van der Waals surface area (Å²) in [5.41, 5.74) is 1.72. The third kappa shape index (κ3) is 1.42. The first kappa shape index (κ1) is 10.8. The maximum atomic E-state index is 12.2. The van der Waals surface area contributed by atoms with E-state index in [2.05, 4.69) is 0 Å². The van der Waals surface area contributed by atoms with E-state index in [4.69, 9.17) is 9.47 Å². The van der Waals surface area contributed by atoms with Gasteiger partial charge in [0.1, 0.15) is 16.9 Å². The summed E-state index contributed by atoms with van der Waals surface area (Å²) in [7, 11) is 3.22. The molecule has 1 amide bonds. The number of ether oxygens (including phenoxy) is 2. The van der Waals surface area contributed by atoms with Crippen molar-refractivity contribution in [1.29, 1.82) is 0 Å². The Bertz CT molecular complexity index is 489. The molecule has 0 saturated carbocycles. The Kier molecular flexibility index (Phi) is 2.43. The van der Waals surface area contributed by atoms with Gasteiger partial charge in [0.25, 0.3) is 5.91 Å². The van der Waals surface area contributed by atoms with Crippen LogP contribution in [0.5, 0.6) is 11.5 Å². The molecular weight excluding hydrogens is 238 g/mol. The van der Waals surface area contributed by atoms with E-state index >= 15 is 0 Å². The third-order valence-corrected chi connectivity index (χ3v) is 4.42. The average Bonchev–Trinajstić information content (AvgIpc) is 2.92. The van der Waals surface area contributed by atoms with Crippen molar-refractivity contribution in [3.8, 4) is 11.5 Å². The van der Waals surface area contributed by atoms with Crippen LogP contribution in [-0.2, 0) is 0 Å². The molecule has 0 unspecified atom stereocenters. The molecule has 1 saturated heterocycles. The van der Waals surface area contributed by atoms with Crippen molar-refractivity contribution in [2.75, 3.05) is 26.5 Å². The zero-order valence-corrected chi connectivity index (χ0v) is 10.5. The summed E-state index contributed by atoms with van der Waals surface area (Å²) in [4.78, 5) is 14.1. The summed E-state index contributed by atoms with van der Waals surface area (Å²) in [6.45, 7) is 0.814. The largest absolute Gasteiger partial charge is 0.497 e. The highest BCUT2D eigenvalue weighted by atomic mass is 32.2. The Labute approximate surface area is 104 Å². The van der Waals surface area contributed by atoms with Gasteiger partial charge in [-0.2, -0.15) is 0 Å². The van der Waals surface area contributed by atoms with E-state index in [1.165, 1.54) is 0 Å². The summed E-state index contributed by atoms with van der Waals surface area (Å²) in [6.07, 6.45) is 0. The third-order valence-electron chi connectivity index (χ3n) is 3.20. The van der Waals surface area contributed by atoms with Crippen molar-refractivity contribution in [2.45, 2.75) is 5.37 Å². The van der Waals surface area contributed by atoms with E-state index in [-0.39, 0.29) is 11.3 Å². The van der Waals surface area contributed by atoms with Gasteiger partial charge < -0.3 is 14.4 Å². The fourth-order valence-electron chi connectivity index (χ4n) is 2.39. The van der Waals surface area contributed by atoms with Gasteiger partial charge in [0.15, 0.2) is 0 Å². The number of hydrogen-bond acceptors (Lipinski definition) is 4. The number of thioether (sulfide) groups is 1. The standard InChI is InChI=1S/C12H13NO3S/c1-15-7-5-8-10(9(6-7)16-2)12-13(11(8)14)3-4-17-12/h5-6,12H,3-4H2,1-2H3/t12-/m1/s1. The van der Waals surface area contributed by atoms with Gasteiger partial charge in [0.05, 0.1) is 19.8 Å².